The Kier molecular flexibility index (Phi) is 2.38. The van der Waals surface area contributed by atoms with Crippen LogP contribution in [0.2, 0.25) is 0 Å². The molecular weight excluding hydrogens is 250 g/mol. The summed E-state index contributed by atoms with van der Waals surface area (Å²) in [5, 5.41) is 0. The molecule has 6 heteroatoms. The summed E-state index contributed by atoms with van der Waals surface area (Å²) >= 11 is 0. The standard InChI is InChI=1S/C12H9N3O2S/c16-18(17,10-4-2-1-3-5-10)15-9-14-11-8-13-7-6-12(11)15/h1-9H. The van der Waals surface area contributed by atoms with Crippen molar-refractivity contribution < 1.29 is 8.42 Å². The van der Waals surface area contributed by atoms with Gasteiger partial charge in [0.25, 0.3) is 10.0 Å². The molecule has 5 nitrogen and oxygen atoms in total. The fraction of sp³-hybridized carbons (Fsp3) is 0. The molecule has 0 bridgehead atoms. The molecule has 1 aromatic carbocycles. The number of fused-ring (bicyclic) bond motifs is 1. The summed E-state index contributed by atoms with van der Waals surface area (Å²) in [6, 6.07) is 9.89. The Morgan fingerprint density at radius 3 is 2.61 bits per heavy atom. The number of nitrogens with zero attached hydrogens (tertiary/aromatic N) is 3. The Balaban J connectivity index is 2.27. The van der Waals surface area contributed by atoms with Crippen LogP contribution in [0, 0.1) is 0 Å². The maximum absolute atomic E-state index is 12.4. The second-order valence-corrected chi connectivity index (χ2v) is 5.54. The van der Waals surface area contributed by atoms with Gasteiger partial charge in [-0.15, -0.1) is 0 Å². The Morgan fingerprint density at radius 2 is 1.83 bits per heavy atom. The van der Waals surface area contributed by atoms with Gasteiger partial charge < -0.3 is 0 Å². The van der Waals surface area contributed by atoms with E-state index in [0.717, 1.165) is 0 Å². The minimum Gasteiger partial charge on any atom is -0.262 e. The van der Waals surface area contributed by atoms with Crippen LogP contribution in [0.5, 0.6) is 0 Å². The van der Waals surface area contributed by atoms with Gasteiger partial charge in [0.15, 0.2) is 0 Å². The van der Waals surface area contributed by atoms with E-state index in [1.807, 2.05) is 0 Å². The van der Waals surface area contributed by atoms with Crippen molar-refractivity contribution in [2.45, 2.75) is 4.90 Å². The monoisotopic (exact) mass is 259 g/mol. The number of rotatable bonds is 2. The molecule has 0 fully saturated rings. The van der Waals surface area contributed by atoms with Gasteiger partial charge in [-0.25, -0.2) is 17.4 Å². The van der Waals surface area contributed by atoms with Crippen molar-refractivity contribution in [3.63, 3.8) is 0 Å². The Morgan fingerprint density at radius 1 is 1.06 bits per heavy atom. The van der Waals surface area contributed by atoms with Crippen LogP contribution in [0.1, 0.15) is 0 Å². The minimum atomic E-state index is -3.60. The fourth-order valence-corrected chi connectivity index (χ4v) is 3.05. The molecule has 0 radical (unpaired) electrons. The van der Waals surface area contributed by atoms with Gasteiger partial charge in [0.05, 0.1) is 16.6 Å². The summed E-state index contributed by atoms with van der Waals surface area (Å²) in [6.45, 7) is 0. The van der Waals surface area contributed by atoms with E-state index >= 15 is 0 Å². The first-order valence-electron chi connectivity index (χ1n) is 5.27. The summed E-state index contributed by atoms with van der Waals surface area (Å²) in [5.74, 6) is 0. The predicted molar refractivity (Wildman–Crippen MR) is 66.6 cm³/mol. The van der Waals surface area contributed by atoms with Crippen LogP contribution >= 0.6 is 0 Å². The average Bonchev–Trinajstić information content (AvgIpc) is 2.84. The highest BCUT2D eigenvalue weighted by Crippen LogP contribution is 2.18. The van der Waals surface area contributed by atoms with Gasteiger partial charge >= 0.3 is 0 Å². The summed E-state index contributed by atoms with van der Waals surface area (Å²) in [5.41, 5.74) is 1.07. The quantitative estimate of drug-likeness (QED) is 0.702. The van der Waals surface area contributed by atoms with E-state index in [0.29, 0.717) is 11.0 Å². The zero-order chi connectivity index (χ0) is 12.6. The van der Waals surface area contributed by atoms with E-state index in [1.54, 1.807) is 42.6 Å². The normalized spacial score (nSPS) is 11.8. The van der Waals surface area contributed by atoms with Crippen molar-refractivity contribution in [2.24, 2.45) is 0 Å². The molecule has 2 heterocycles. The third-order valence-corrected chi connectivity index (χ3v) is 4.29. The van der Waals surface area contributed by atoms with Crippen LogP contribution in [0.15, 0.2) is 60.0 Å². The van der Waals surface area contributed by atoms with Crippen molar-refractivity contribution in [1.82, 2.24) is 13.9 Å². The van der Waals surface area contributed by atoms with Crippen LogP contribution < -0.4 is 0 Å². The first-order chi connectivity index (χ1) is 8.69. The number of aromatic nitrogens is 3. The minimum absolute atomic E-state index is 0.237. The number of imidazole rings is 1. The number of hydrogen-bond acceptors (Lipinski definition) is 4. The smallest absolute Gasteiger partial charge is 0.262 e. The summed E-state index contributed by atoms with van der Waals surface area (Å²) in [4.78, 5) is 8.18. The van der Waals surface area contributed by atoms with E-state index in [4.69, 9.17) is 0 Å². The first kappa shape index (κ1) is 10.9. The molecule has 0 saturated heterocycles. The lowest BCUT2D eigenvalue weighted by Gasteiger charge is -2.05. The fourth-order valence-electron chi connectivity index (χ4n) is 1.74. The Bertz CT molecular complexity index is 794. The van der Waals surface area contributed by atoms with Gasteiger partial charge in [-0.2, -0.15) is 0 Å². The summed E-state index contributed by atoms with van der Waals surface area (Å²) < 4.78 is 26.0. The molecule has 18 heavy (non-hydrogen) atoms. The highest BCUT2D eigenvalue weighted by molar-refractivity contribution is 7.90. The Labute approximate surface area is 104 Å². The van der Waals surface area contributed by atoms with Crippen LogP contribution in [-0.4, -0.2) is 22.4 Å². The van der Waals surface area contributed by atoms with Gasteiger partial charge in [0.1, 0.15) is 11.8 Å². The van der Waals surface area contributed by atoms with Crippen molar-refractivity contribution in [3.8, 4) is 0 Å². The van der Waals surface area contributed by atoms with Gasteiger partial charge in [0, 0.05) is 6.20 Å². The molecule has 0 saturated carbocycles. The summed E-state index contributed by atoms with van der Waals surface area (Å²) in [7, 11) is -3.60. The zero-order valence-corrected chi connectivity index (χ0v) is 10.1. The molecule has 2 aromatic heterocycles. The average molecular weight is 259 g/mol. The molecule has 0 aliphatic rings. The molecule has 3 aromatic rings. The second kappa shape index (κ2) is 3.92. The van der Waals surface area contributed by atoms with Crippen LogP contribution in [0.3, 0.4) is 0 Å². The third-order valence-electron chi connectivity index (χ3n) is 2.62. The van der Waals surface area contributed by atoms with E-state index < -0.39 is 10.0 Å². The maximum atomic E-state index is 12.4. The lowest BCUT2D eigenvalue weighted by atomic mass is 10.4. The molecule has 0 amide bonds. The van der Waals surface area contributed by atoms with E-state index in [9.17, 15) is 8.42 Å². The lowest BCUT2D eigenvalue weighted by molar-refractivity contribution is 0.588. The SMILES string of the molecule is O=S(=O)(c1ccccc1)n1cnc2cnccc21. The first-order valence-corrected chi connectivity index (χ1v) is 6.71. The van der Waals surface area contributed by atoms with E-state index in [2.05, 4.69) is 9.97 Å². The highest BCUT2D eigenvalue weighted by Gasteiger charge is 2.18. The molecule has 0 spiro atoms. The van der Waals surface area contributed by atoms with Gasteiger partial charge in [-0.05, 0) is 18.2 Å². The molecule has 3 rings (SSSR count). The van der Waals surface area contributed by atoms with Crippen LogP contribution in [0.4, 0.5) is 0 Å². The van der Waals surface area contributed by atoms with Crippen molar-refractivity contribution in [3.05, 3.63) is 55.1 Å². The van der Waals surface area contributed by atoms with Crippen molar-refractivity contribution >= 4 is 21.1 Å². The maximum Gasteiger partial charge on any atom is 0.269 e. The zero-order valence-electron chi connectivity index (χ0n) is 9.26. The van der Waals surface area contributed by atoms with Crippen LogP contribution in [0.25, 0.3) is 11.0 Å². The van der Waals surface area contributed by atoms with Crippen molar-refractivity contribution in [2.75, 3.05) is 0 Å². The molecule has 90 valence electrons. The van der Waals surface area contributed by atoms with Gasteiger partial charge in [-0.3, -0.25) is 4.98 Å². The molecule has 0 aliphatic heterocycles. The molecule has 0 aliphatic carbocycles. The lowest BCUT2D eigenvalue weighted by Crippen LogP contribution is -2.11. The summed E-state index contributed by atoms with van der Waals surface area (Å²) in [6.07, 6.45) is 4.38. The van der Waals surface area contributed by atoms with E-state index in [-0.39, 0.29) is 4.90 Å². The second-order valence-electron chi connectivity index (χ2n) is 3.72. The van der Waals surface area contributed by atoms with Gasteiger partial charge in [-0.1, -0.05) is 18.2 Å². The number of pyridine rings is 1. The topological polar surface area (TPSA) is 64.8 Å². The highest BCUT2D eigenvalue weighted by atomic mass is 32.2. The molecule has 0 N–H and O–H groups in total. The third kappa shape index (κ3) is 1.58. The van der Waals surface area contributed by atoms with Crippen molar-refractivity contribution in [1.29, 1.82) is 0 Å². The molecule has 0 atom stereocenters. The number of hydrogen-bond donors (Lipinski definition) is 0. The van der Waals surface area contributed by atoms with Gasteiger partial charge in [0.2, 0.25) is 0 Å². The molecular formula is C12H9N3O2S. The molecule has 0 unspecified atom stereocenters. The van der Waals surface area contributed by atoms with E-state index in [1.165, 1.54) is 16.5 Å². The number of benzene rings is 1. The van der Waals surface area contributed by atoms with Crippen LogP contribution in [-0.2, 0) is 10.0 Å². The predicted octanol–water partition coefficient (Wildman–Crippen LogP) is 1.67. The Hall–Kier alpha value is -2.21. The largest absolute Gasteiger partial charge is 0.269 e.